The summed E-state index contributed by atoms with van der Waals surface area (Å²) in [5.74, 6) is 0.934. The molecule has 3 N–H and O–H groups in total. The van der Waals surface area contributed by atoms with Gasteiger partial charge in [-0.15, -0.1) is 0 Å². The molecule has 0 aliphatic rings. The lowest BCUT2D eigenvalue weighted by molar-refractivity contribution is 0.131. The molecule has 1 rings (SSSR count). The van der Waals surface area contributed by atoms with Crippen LogP contribution in [0.1, 0.15) is 64.4 Å². The second kappa shape index (κ2) is 11.5. The lowest BCUT2D eigenvalue weighted by atomic mass is 9.99. The lowest BCUT2D eigenvalue weighted by Crippen LogP contribution is -2.34. The van der Waals surface area contributed by atoms with Crippen LogP contribution in [0, 0.1) is 0 Å². The van der Waals surface area contributed by atoms with E-state index in [-0.39, 0.29) is 6.04 Å². The average Bonchev–Trinajstić information content (AvgIpc) is 2.53. The third-order valence-electron chi connectivity index (χ3n) is 4.03. The zero-order valence-corrected chi connectivity index (χ0v) is 14.3. The molecule has 1 aromatic rings. The molecule has 3 nitrogen and oxygen atoms in total. The Kier molecular flexibility index (Phi) is 9.93. The Morgan fingerprint density at radius 1 is 1.00 bits per heavy atom. The first kappa shape index (κ1) is 19.0. The van der Waals surface area contributed by atoms with Crippen LogP contribution in [0.25, 0.3) is 0 Å². The molecule has 0 saturated heterocycles. The predicted molar refractivity (Wildman–Crippen MR) is 93.3 cm³/mol. The number of hydrogen-bond donors (Lipinski definition) is 2. The van der Waals surface area contributed by atoms with Crippen molar-refractivity contribution >= 4 is 0 Å². The molecule has 0 fully saturated rings. The third kappa shape index (κ3) is 7.81. The van der Waals surface area contributed by atoms with Gasteiger partial charge >= 0.3 is 0 Å². The number of rotatable bonds is 12. The van der Waals surface area contributed by atoms with Crippen molar-refractivity contribution in [1.29, 1.82) is 0 Å². The fourth-order valence-electron chi connectivity index (χ4n) is 2.53. The average molecular weight is 307 g/mol. The second-order valence-electron chi connectivity index (χ2n) is 6.11. The van der Waals surface area contributed by atoms with Crippen molar-refractivity contribution in [3.8, 4) is 5.75 Å². The van der Waals surface area contributed by atoms with Crippen molar-refractivity contribution in [2.75, 3.05) is 6.61 Å². The van der Waals surface area contributed by atoms with Gasteiger partial charge in [0.05, 0.1) is 12.7 Å². The molecule has 0 aliphatic heterocycles. The van der Waals surface area contributed by atoms with E-state index in [9.17, 15) is 5.11 Å². The maximum atomic E-state index is 10.0. The first-order valence-electron chi connectivity index (χ1n) is 8.82. The molecule has 0 aliphatic carbocycles. The van der Waals surface area contributed by atoms with Crippen molar-refractivity contribution in [2.45, 2.75) is 77.4 Å². The van der Waals surface area contributed by atoms with Gasteiger partial charge in [-0.1, -0.05) is 51.7 Å². The van der Waals surface area contributed by atoms with E-state index in [2.05, 4.69) is 26.0 Å². The highest BCUT2D eigenvalue weighted by molar-refractivity contribution is 5.27. The topological polar surface area (TPSA) is 55.5 Å². The monoisotopic (exact) mass is 307 g/mol. The quantitative estimate of drug-likeness (QED) is 0.572. The summed E-state index contributed by atoms with van der Waals surface area (Å²) >= 11 is 0. The summed E-state index contributed by atoms with van der Waals surface area (Å²) in [6.07, 6.45) is 7.96. The number of benzene rings is 1. The maximum Gasteiger partial charge on any atom is 0.119 e. The Hall–Kier alpha value is -1.06. The normalized spacial score (nSPS) is 13.8. The second-order valence-corrected chi connectivity index (χ2v) is 6.11. The molecule has 126 valence electrons. The Balaban J connectivity index is 2.26. The lowest BCUT2D eigenvalue weighted by Gasteiger charge is -2.18. The summed E-state index contributed by atoms with van der Waals surface area (Å²) in [6, 6.07) is 8.11. The highest BCUT2D eigenvalue weighted by Crippen LogP contribution is 2.15. The summed E-state index contributed by atoms with van der Waals surface area (Å²) in [4.78, 5) is 0. The number of unbranched alkanes of at least 4 members (excludes halogenated alkanes) is 3. The SMILES string of the molecule is CCCCCCOc1ccc(CCC(O)C(N)CCC)cc1. The fourth-order valence-corrected chi connectivity index (χ4v) is 2.53. The van der Waals surface area contributed by atoms with Crippen molar-refractivity contribution in [3.63, 3.8) is 0 Å². The number of hydrogen-bond acceptors (Lipinski definition) is 3. The smallest absolute Gasteiger partial charge is 0.119 e. The van der Waals surface area contributed by atoms with Crippen LogP contribution >= 0.6 is 0 Å². The van der Waals surface area contributed by atoms with Gasteiger partial charge in [0.25, 0.3) is 0 Å². The van der Waals surface area contributed by atoms with Gasteiger partial charge in [0, 0.05) is 6.04 Å². The van der Waals surface area contributed by atoms with Crippen molar-refractivity contribution in [2.24, 2.45) is 5.73 Å². The largest absolute Gasteiger partial charge is 0.494 e. The van der Waals surface area contributed by atoms with E-state index in [0.717, 1.165) is 44.5 Å². The zero-order valence-electron chi connectivity index (χ0n) is 14.3. The first-order chi connectivity index (χ1) is 10.7. The van der Waals surface area contributed by atoms with Crippen LogP contribution in [0.5, 0.6) is 5.75 Å². The van der Waals surface area contributed by atoms with E-state index in [1.165, 1.54) is 24.8 Å². The summed E-state index contributed by atoms with van der Waals surface area (Å²) in [6.45, 7) is 5.10. The molecule has 0 aromatic heterocycles. The molecule has 0 amide bonds. The van der Waals surface area contributed by atoms with Crippen LogP contribution in [0.2, 0.25) is 0 Å². The van der Waals surface area contributed by atoms with Gasteiger partial charge in [-0.05, 0) is 43.4 Å². The van der Waals surface area contributed by atoms with Gasteiger partial charge in [-0.25, -0.2) is 0 Å². The van der Waals surface area contributed by atoms with E-state index in [1.54, 1.807) is 0 Å². The van der Waals surface area contributed by atoms with Crippen LogP contribution in [-0.2, 0) is 6.42 Å². The Bertz CT molecular complexity index is 378. The molecule has 0 bridgehead atoms. The van der Waals surface area contributed by atoms with Gasteiger partial charge < -0.3 is 15.6 Å². The van der Waals surface area contributed by atoms with Crippen LogP contribution < -0.4 is 10.5 Å². The molecule has 0 saturated carbocycles. The van der Waals surface area contributed by atoms with Crippen molar-refractivity contribution in [1.82, 2.24) is 0 Å². The minimum absolute atomic E-state index is 0.101. The molecule has 2 atom stereocenters. The molecule has 0 radical (unpaired) electrons. The number of aliphatic hydroxyl groups excluding tert-OH is 1. The molecule has 0 spiro atoms. The van der Waals surface area contributed by atoms with Crippen molar-refractivity contribution in [3.05, 3.63) is 29.8 Å². The number of aliphatic hydroxyl groups is 1. The predicted octanol–water partition coefficient (Wildman–Crippen LogP) is 4.07. The molecule has 0 heterocycles. The Labute approximate surface area is 135 Å². The van der Waals surface area contributed by atoms with E-state index >= 15 is 0 Å². The molecular weight excluding hydrogens is 274 g/mol. The Morgan fingerprint density at radius 3 is 2.36 bits per heavy atom. The third-order valence-corrected chi connectivity index (χ3v) is 4.03. The van der Waals surface area contributed by atoms with Gasteiger partial charge in [-0.3, -0.25) is 0 Å². The molecule has 3 heteroatoms. The van der Waals surface area contributed by atoms with E-state index in [4.69, 9.17) is 10.5 Å². The molecule has 22 heavy (non-hydrogen) atoms. The zero-order chi connectivity index (χ0) is 16.2. The van der Waals surface area contributed by atoms with Crippen LogP contribution in [0.3, 0.4) is 0 Å². The fraction of sp³-hybridized carbons (Fsp3) is 0.684. The maximum absolute atomic E-state index is 10.0. The molecule has 1 aromatic carbocycles. The van der Waals surface area contributed by atoms with Gasteiger partial charge in [0.15, 0.2) is 0 Å². The number of nitrogens with two attached hydrogens (primary N) is 1. The summed E-state index contributed by atoms with van der Waals surface area (Å²) < 4.78 is 5.73. The summed E-state index contributed by atoms with van der Waals surface area (Å²) in [5, 5.41) is 10.0. The summed E-state index contributed by atoms with van der Waals surface area (Å²) in [7, 11) is 0. The van der Waals surface area contributed by atoms with E-state index in [1.807, 2.05) is 12.1 Å². The van der Waals surface area contributed by atoms with Gasteiger partial charge in [0.2, 0.25) is 0 Å². The van der Waals surface area contributed by atoms with Crippen LogP contribution in [0.15, 0.2) is 24.3 Å². The van der Waals surface area contributed by atoms with E-state index < -0.39 is 6.10 Å². The number of aryl methyl sites for hydroxylation is 1. The summed E-state index contributed by atoms with van der Waals surface area (Å²) in [5.41, 5.74) is 7.16. The standard InChI is InChI=1S/C19H33NO2/c1-3-5-6-7-15-22-17-12-9-16(10-13-17)11-14-19(21)18(20)8-4-2/h9-10,12-13,18-19,21H,3-8,11,14-15,20H2,1-2H3. The van der Waals surface area contributed by atoms with Gasteiger partial charge in [-0.2, -0.15) is 0 Å². The van der Waals surface area contributed by atoms with E-state index in [0.29, 0.717) is 0 Å². The minimum atomic E-state index is -0.408. The minimum Gasteiger partial charge on any atom is -0.494 e. The highest BCUT2D eigenvalue weighted by Gasteiger charge is 2.13. The van der Waals surface area contributed by atoms with Crippen LogP contribution in [0.4, 0.5) is 0 Å². The van der Waals surface area contributed by atoms with Gasteiger partial charge in [0.1, 0.15) is 5.75 Å². The molecular formula is C19H33NO2. The van der Waals surface area contributed by atoms with Crippen LogP contribution in [-0.4, -0.2) is 23.9 Å². The Morgan fingerprint density at radius 2 is 1.73 bits per heavy atom. The van der Waals surface area contributed by atoms with Crippen molar-refractivity contribution < 1.29 is 9.84 Å². The highest BCUT2D eigenvalue weighted by atomic mass is 16.5. The molecule has 2 unspecified atom stereocenters. The first-order valence-corrected chi connectivity index (χ1v) is 8.82. The number of ether oxygens (including phenoxy) is 1.